The van der Waals surface area contributed by atoms with Crippen LogP contribution in [0.4, 0.5) is 0 Å². The molecule has 0 rings (SSSR count). The predicted octanol–water partition coefficient (Wildman–Crippen LogP) is 3.58. The van der Waals surface area contributed by atoms with E-state index in [-0.39, 0.29) is 11.6 Å². The standard InChI is InChI=1S/C13H28O2Si/c1-11(9-14)8-12(2)10-15-16(6,7)13(3,4)5/h8,12,14H,9-10H2,1-7H3/b11-8+/t12-/m0/s1. The Kier molecular flexibility index (Phi) is 5.94. The molecule has 0 bridgehead atoms. The lowest BCUT2D eigenvalue weighted by molar-refractivity contribution is 0.257. The van der Waals surface area contributed by atoms with E-state index in [9.17, 15) is 0 Å². The van der Waals surface area contributed by atoms with Gasteiger partial charge in [0.15, 0.2) is 8.32 Å². The van der Waals surface area contributed by atoms with Crippen LogP contribution in [0.1, 0.15) is 34.6 Å². The van der Waals surface area contributed by atoms with Crippen molar-refractivity contribution in [3.05, 3.63) is 11.6 Å². The second-order valence-corrected chi connectivity index (χ2v) is 11.0. The summed E-state index contributed by atoms with van der Waals surface area (Å²) in [5.41, 5.74) is 1.02. The molecule has 0 aliphatic rings. The van der Waals surface area contributed by atoms with Gasteiger partial charge in [-0.25, -0.2) is 0 Å². The van der Waals surface area contributed by atoms with Gasteiger partial charge in [-0.2, -0.15) is 0 Å². The highest BCUT2D eigenvalue weighted by atomic mass is 28.4. The molecule has 0 heterocycles. The van der Waals surface area contributed by atoms with E-state index < -0.39 is 8.32 Å². The summed E-state index contributed by atoms with van der Waals surface area (Å²) in [6, 6.07) is 0. The Bertz CT molecular complexity index is 239. The molecular weight excluding hydrogens is 216 g/mol. The number of aliphatic hydroxyl groups excluding tert-OH is 1. The predicted molar refractivity (Wildman–Crippen MR) is 73.2 cm³/mol. The van der Waals surface area contributed by atoms with Crippen LogP contribution < -0.4 is 0 Å². The zero-order chi connectivity index (χ0) is 13.0. The van der Waals surface area contributed by atoms with Gasteiger partial charge in [0, 0.05) is 6.61 Å². The van der Waals surface area contributed by atoms with E-state index in [1.807, 2.05) is 6.92 Å². The maximum absolute atomic E-state index is 8.94. The molecule has 0 saturated heterocycles. The van der Waals surface area contributed by atoms with Gasteiger partial charge in [0.2, 0.25) is 0 Å². The number of rotatable bonds is 5. The van der Waals surface area contributed by atoms with Crippen molar-refractivity contribution in [2.24, 2.45) is 5.92 Å². The van der Waals surface area contributed by atoms with Crippen molar-refractivity contribution in [1.82, 2.24) is 0 Å². The van der Waals surface area contributed by atoms with Crippen molar-refractivity contribution in [2.45, 2.75) is 52.8 Å². The van der Waals surface area contributed by atoms with E-state index in [0.29, 0.717) is 5.92 Å². The second-order valence-electron chi connectivity index (χ2n) is 6.22. The lowest BCUT2D eigenvalue weighted by Crippen LogP contribution is -2.41. The molecule has 0 aliphatic carbocycles. The van der Waals surface area contributed by atoms with Gasteiger partial charge in [-0.1, -0.05) is 39.3 Å². The molecule has 0 saturated carbocycles. The van der Waals surface area contributed by atoms with Gasteiger partial charge in [0.1, 0.15) is 0 Å². The summed E-state index contributed by atoms with van der Waals surface area (Å²) >= 11 is 0. The molecule has 0 unspecified atom stereocenters. The number of aliphatic hydroxyl groups is 1. The van der Waals surface area contributed by atoms with Gasteiger partial charge in [0.05, 0.1) is 6.61 Å². The average molecular weight is 244 g/mol. The van der Waals surface area contributed by atoms with Crippen LogP contribution in [0.3, 0.4) is 0 Å². The third-order valence-corrected chi connectivity index (χ3v) is 7.83. The van der Waals surface area contributed by atoms with Crippen molar-refractivity contribution < 1.29 is 9.53 Å². The maximum Gasteiger partial charge on any atom is 0.192 e. The van der Waals surface area contributed by atoms with Crippen LogP contribution in [0.5, 0.6) is 0 Å². The summed E-state index contributed by atoms with van der Waals surface area (Å²) < 4.78 is 6.11. The largest absolute Gasteiger partial charge is 0.416 e. The Morgan fingerprint density at radius 3 is 2.25 bits per heavy atom. The van der Waals surface area contributed by atoms with E-state index in [2.05, 4.69) is 46.9 Å². The first-order valence-corrected chi connectivity index (χ1v) is 8.93. The van der Waals surface area contributed by atoms with Crippen LogP contribution in [0, 0.1) is 5.92 Å². The molecule has 0 aromatic rings. The zero-order valence-electron chi connectivity index (χ0n) is 11.9. The first-order valence-electron chi connectivity index (χ1n) is 6.02. The Balaban J connectivity index is 4.26. The van der Waals surface area contributed by atoms with Gasteiger partial charge < -0.3 is 9.53 Å². The molecule has 0 amide bonds. The first-order chi connectivity index (χ1) is 7.10. The zero-order valence-corrected chi connectivity index (χ0v) is 12.9. The number of hydrogen-bond acceptors (Lipinski definition) is 2. The topological polar surface area (TPSA) is 29.5 Å². The van der Waals surface area contributed by atoms with Gasteiger partial charge >= 0.3 is 0 Å². The molecule has 96 valence electrons. The summed E-state index contributed by atoms with van der Waals surface area (Å²) in [6.07, 6.45) is 2.09. The quantitative estimate of drug-likeness (QED) is 0.591. The van der Waals surface area contributed by atoms with E-state index in [1.165, 1.54) is 0 Å². The first kappa shape index (κ1) is 15.9. The molecule has 0 fully saturated rings. The second kappa shape index (κ2) is 5.99. The molecule has 0 aliphatic heterocycles. The average Bonchev–Trinajstić information content (AvgIpc) is 2.13. The summed E-state index contributed by atoms with van der Waals surface area (Å²) in [4.78, 5) is 0. The van der Waals surface area contributed by atoms with Crippen LogP contribution in [-0.4, -0.2) is 26.6 Å². The van der Waals surface area contributed by atoms with Crippen molar-refractivity contribution in [2.75, 3.05) is 13.2 Å². The lowest BCUT2D eigenvalue weighted by atomic mass is 10.1. The minimum Gasteiger partial charge on any atom is -0.416 e. The highest BCUT2D eigenvalue weighted by molar-refractivity contribution is 6.74. The Morgan fingerprint density at radius 1 is 1.38 bits per heavy atom. The Morgan fingerprint density at radius 2 is 1.88 bits per heavy atom. The fraction of sp³-hybridized carbons (Fsp3) is 0.846. The molecule has 2 nitrogen and oxygen atoms in total. The minimum absolute atomic E-state index is 0.143. The van der Waals surface area contributed by atoms with Gasteiger partial charge in [-0.05, 0) is 31.0 Å². The van der Waals surface area contributed by atoms with Gasteiger partial charge in [0.25, 0.3) is 0 Å². The highest BCUT2D eigenvalue weighted by Crippen LogP contribution is 2.36. The van der Waals surface area contributed by atoms with E-state index in [4.69, 9.17) is 9.53 Å². The maximum atomic E-state index is 8.94. The van der Waals surface area contributed by atoms with Crippen molar-refractivity contribution >= 4 is 8.32 Å². The molecule has 0 radical (unpaired) electrons. The smallest absolute Gasteiger partial charge is 0.192 e. The molecule has 0 aromatic heterocycles. The molecule has 1 N–H and O–H groups in total. The lowest BCUT2D eigenvalue weighted by Gasteiger charge is -2.36. The third-order valence-electron chi connectivity index (χ3n) is 3.33. The van der Waals surface area contributed by atoms with E-state index in [1.54, 1.807) is 0 Å². The van der Waals surface area contributed by atoms with E-state index in [0.717, 1.165) is 12.2 Å². The fourth-order valence-corrected chi connectivity index (χ4v) is 2.26. The third kappa shape index (κ3) is 5.28. The SMILES string of the molecule is C/C(=C\[C@H](C)CO[Si](C)(C)C(C)(C)C)CO. The minimum atomic E-state index is -1.62. The van der Waals surface area contributed by atoms with Gasteiger partial charge in [-0.15, -0.1) is 0 Å². The van der Waals surface area contributed by atoms with Crippen LogP contribution >= 0.6 is 0 Å². The molecular formula is C13H28O2Si. The van der Waals surface area contributed by atoms with Crippen LogP contribution in [-0.2, 0) is 4.43 Å². The normalized spacial score (nSPS) is 16.4. The molecule has 3 heteroatoms. The van der Waals surface area contributed by atoms with Crippen LogP contribution in [0.15, 0.2) is 11.6 Å². The molecule has 16 heavy (non-hydrogen) atoms. The highest BCUT2D eigenvalue weighted by Gasteiger charge is 2.37. The van der Waals surface area contributed by atoms with Crippen molar-refractivity contribution in [1.29, 1.82) is 0 Å². The Hall–Kier alpha value is -0.123. The monoisotopic (exact) mass is 244 g/mol. The summed E-state index contributed by atoms with van der Waals surface area (Å²) in [5, 5.41) is 9.21. The summed E-state index contributed by atoms with van der Waals surface area (Å²) in [6.45, 7) is 16.3. The number of hydrogen-bond donors (Lipinski definition) is 1. The summed E-state index contributed by atoms with van der Waals surface area (Å²) in [7, 11) is -1.62. The molecule has 0 spiro atoms. The molecule has 0 aromatic carbocycles. The Labute approximate surface area is 102 Å². The van der Waals surface area contributed by atoms with Crippen LogP contribution in [0.2, 0.25) is 18.1 Å². The van der Waals surface area contributed by atoms with Gasteiger partial charge in [-0.3, -0.25) is 0 Å². The summed E-state index contributed by atoms with van der Waals surface area (Å²) in [5.74, 6) is 0.376. The molecule has 1 atom stereocenters. The fourth-order valence-electron chi connectivity index (χ4n) is 1.14. The van der Waals surface area contributed by atoms with E-state index >= 15 is 0 Å². The van der Waals surface area contributed by atoms with Crippen molar-refractivity contribution in [3.63, 3.8) is 0 Å². The van der Waals surface area contributed by atoms with Crippen molar-refractivity contribution in [3.8, 4) is 0 Å². The van der Waals surface area contributed by atoms with Crippen LogP contribution in [0.25, 0.3) is 0 Å².